The normalized spacial score (nSPS) is 17.8. The van der Waals surface area contributed by atoms with Crippen molar-refractivity contribution in [3.63, 3.8) is 0 Å². The predicted molar refractivity (Wildman–Crippen MR) is 109 cm³/mol. The monoisotopic (exact) mass is 441 g/mol. The van der Waals surface area contributed by atoms with Gasteiger partial charge >= 0.3 is 0 Å². The number of amides is 1. The SMILES string of the molecule is CC(Oc1cccc(Cl)c1)C(=O)N1CCOC(COCc2ccc(F)cc2Cl)C1. The molecule has 29 heavy (non-hydrogen) atoms. The fraction of sp³-hybridized carbons (Fsp3) is 0.381. The zero-order valence-electron chi connectivity index (χ0n) is 15.9. The van der Waals surface area contributed by atoms with Crippen LogP contribution in [0.1, 0.15) is 12.5 Å². The van der Waals surface area contributed by atoms with Crippen LogP contribution in [0.2, 0.25) is 10.0 Å². The van der Waals surface area contributed by atoms with E-state index in [2.05, 4.69) is 0 Å². The Hall–Kier alpha value is -1.86. The molecule has 1 aliphatic heterocycles. The van der Waals surface area contributed by atoms with Crippen molar-refractivity contribution in [2.75, 3.05) is 26.3 Å². The molecule has 2 atom stereocenters. The molecule has 0 saturated carbocycles. The highest BCUT2D eigenvalue weighted by atomic mass is 35.5. The van der Waals surface area contributed by atoms with E-state index >= 15 is 0 Å². The number of nitrogens with zero attached hydrogens (tertiary/aromatic N) is 1. The van der Waals surface area contributed by atoms with E-state index in [0.717, 1.165) is 0 Å². The maximum atomic E-state index is 13.1. The first-order chi connectivity index (χ1) is 13.9. The number of morpholine rings is 1. The predicted octanol–water partition coefficient (Wildman–Crippen LogP) is 4.34. The average molecular weight is 442 g/mol. The lowest BCUT2D eigenvalue weighted by Gasteiger charge is -2.34. The van der Waals surface area contributed by atoms with E-state index in [-0.39, 0.29) is 18.6 Å². The Kier molecular flexibility index (Phi) is 7.72. The van der Waals surface area contributed by atoms with E-state index in [0.29, 0.717) is 47.7 Å². The molecular weight excluding hydrogens is 420 g/mol. The van der Waals surface area contributed by atoms with E-state index in [1.165, 1.54) is 12.1 Å². The number of rotatable bonds is 7. The van der Waals surface area contributed by atoms with Crippen LogP contribution in [-0.2, 0) is 20.9 Å². The third-order valence-electron chi connectivity index (χ3n) is 4.48. The van der Waals surface area contributed by atoms with E-state index in [1.807, 2.05) is 0 Å². The van der Waals surface area contributed by atoms with Crippen LogP contribution in [0, 0.1) is 5.82 Å². The fourth-order valence-corrected chi connectivity index (χ4v) is 3.41. The van der Waals surface area contributed by atoms with Crippen molar-refractivity contribution >= 4 is 29.1 Å². The number of ether oxygens (including phenoxy) is 3. The van der Waals surface area contributed by atoms with Crippen molar-refractivity contribution in [2.24, 2.45) is 0 Å². The van der Waals surface area contributed by atoms with Crippen LogP contribution in [0.15, 0.2) is 42.5 Å². The molecule has 1 heterocycles. The molecule has 1 amide bonds. The van der Waals surface area contributed by atoms with E-state index in [4.69, 9.17) is 37.4 Å². The third kappa shape index (κ3) is 6.31. The Balaban J connectivity index is 1.48. The van der Waals surface area contributed by atoms with Gasteiger partial charge in [0, 0.05) is 23.1 Å². The highest BCUT2D eigenvalue weighted by Crippen LogP contribution is 2.20. The molecule has 1 fully saturated rings. The first-order valence-electron chi connectivity index (χ1n) is 9.26. The van der Waals surface area contributed by atoms with Gasteiger partial charge in [-0.3, -0.25) is 4.79 Å². The highest BCUT2D eigenvalue weighted by Gasteiger charge is 2.28. The number of halogens is 3. The second kappa shape index (κ2) is 10.3. The molecule has 0 bridgehead atoms. The van der Waals surface area contributed by atoms with Crippen molar-refractivity contribution in [2.45, 2.75) is 25.7 Å². The standard InChI is InChI=1S/C21H22Cl2FNO4/c1-14(29-18-4-2-3-16(22)9-18)21(26)25-7-8-28-19(11-25)13-27-12-15-5-6-17(24)10-20(15)23/h2-6,9-10,14,19H,7-8,11-13H2,1H3. The van der Waals surface area contributed by atoms with Crippen LogP contribution in [0.25, 0.3) is 0 Å². The molecule has 5 nitrogen and oxygen atoms in total. The van der Waals surface area contributed by atoms with Crippen molar-refractivity contribution in [3.8, 4) is 5.75 Å². The van der Waals surface area contributed by atoms with Crippen molar-refractivity contribution in [1.29, 1.82) is 0 Å². The van der Waals surface area contributed by atoms with Crippen molar-refractivity contribution in [1.82, 2.24) is 4.90 Å². The molecule has 0 spiro atoms. The van der Waals surface area contributed by atoms with Crippen molar-refractivity contribution in [3.05, 3.63) is 63.9 Å². The summed E-state index contributed by atoms with van der Waals surface area (Å²) >= 11 is 12.0. The second-order valence-electron chi connectivity index (χ2n) is 6.75. The molecule has 156 valence electrons. The first kappa shape index (κ1) is 21.8. The largest absolute Gasteiger partial charge is 0.481 e. The first-order valence-corrected chi connectivity index (χ1v) is 10.0. The van der Waals surface area contributed by atoms with Gasteiger partial charge in [0.1, 0.15) is 11.6 Å². The minimum Gasteiger partial charge on any atom is -0.481 e. The van der Waals surface area contributed by atoms with Gasteiger partial charge in [-0.1, -0.05) is 35.3 Å². The molecule has 0 aromatic heterocycles. The summed E-state index contributed by atoms with van der Waals surface area (Å²) in [6.07, 6.45) is -0.906. The van der Waals surface area contributed by atoms with Gasteiger partial charge in [0.05, 0.1) is 25.9 Å². The highest BCUT2D eigenvalue weighted by molar-refractivity contribution is 6.31. The van der Waals surface area contributed by atoms with E-state index in [1.54, 1.807) is 42.2 Å². The smallest absolute Gasteiger partial charge is 0.263 e. The molecule has 0 radical (unpaired) electrons. The van der Waals surface area contributed by atoms with Gasteiger partial charge in [-0.2, -0.15) is 0 Å². The zero-order valence-corrected chi connectivity index (χ0v) is 17.5. The summed E-state index contributed by atoms with van der Waals surface area (Å²) in [5.74, 6) is 0.0279. The Morgan fingerprint density at radius 2 is 2.14 bits per heavy atom. The molecule has 1 aliphatic rings. The Morgan fingerprint density at radius 3 is 2.90 bits per heavy atom. The van der Waals surface area contributed by atoms with Crippen LogP contribution < -0.4 is 4.74 Å². The fourth-order valence-electron chi connectivity index (χ4n) is 3.01. The summed E-state index contributed by atoms with van der Waals surface area (Å²) in [5.41, 5.74) is 0.695. The summed E-state index contributed by atoms with van der Waals surface area (Å²) in [4.78, 5) is 14.4. The molecule has 0 aliphatic carbocycles. The topological polar surface area (TPSA) is 48.0 Å². The lowest BCUT2D eigenvalue weighted by Crippen LogP contribution is -2.50. The lowest BCUT2D eigenvalue weighted by atomic mass is 10.2. The van der Waals surface area contributed by atoms with Gasteiger partial charge in [-0.05, 0) is 42.8 Å². The summed E-state index contributed by atoms with van der Waals surface area (Å²) < 4.78 is 30.2. The molecule has 2 aromatic carbocycles. The summed E-state index contributed by atoms with van der Waals surface area (Å²) in [6.45, 7) is 3.55. The zero-order chi connectivity index (χ0) is 20.8. The van der Waals surface area contributed by atoms with Gasteiger partial charge in [0.2, 0.25) is 0 Å². The molecule has 2 aromatic rings. The molecular formula is C21H22Cl2FNO4. The molecule has 1 saturated heterocycles. The second-order valence-corrected chi connectivity index (χ2v) is 7.59. The summed E-state index contributed by atoms with van der Waals surface area (Å²) in [5, 5.41) is 0.866. The van der Waals surface area contributed by atoms with Gasteiger partial charge in [-0.25, -0.2) is 4.39 Å². The number of carbonyl (C=O) groups excluding carboxylic acids is 1. The van der Waals surface area contributed by atoms with E-state index in [9.17, 15) is 9.18 Å². The average Bonchev–Trinajstić information content (AvgIpc) is 2.69. The van der Waals surface area contributed by atoms with Crippen LogP contribution in [0.5, 0.6) is 5.75 Å². The van der Waals surface area contributed by atoms with E-state index < -0.39 is 11.9 Å². The molecule has 3 rings (SSSR count). The minimum atomic E-state index is -0.647. The summed E-state index contributed by atoms with van der Waals surface area (Å²) in [6, 6.07) is 11.1. The molecule has 2 unspecified atom stereocenters. The van der Waals surface area contributed by atoms with Crippen molar-refractivity contribution < 1.29 is 23.4 Å². The van der Waals surface area contributed by atoms with Crippen LogP contribution in [0.4, 0.5) is 4.39 Å². The summed E-state index contributed by atoms with van der Waals surface area (Å²) in [7, 11) is 0. The quantitative estimate of drug-likeness (QED) is 0.640. The van der Waals surface area contributed by atoms with Gasteiger partial charge < -0.3 is 19.1 Å². The molecule has 0 N–H and O–H groups in total. The number of benzene rings is 2. The van der Waals surface area contributed by atoms with Gasteiger partial charge in [0.25, 0.3) is 5.91 Å². The molecule has 8 heteroatoms. The van der Waals surface area contributed by atoms with Crippen LogP contribution in [-0.4, -0.2) is 49.3 Å². The number of hydrogen-bond acceptors (Lipinski definition) is 4. The minimum absolute atomic E-state index is 0.125. The Morgan fingerprint density at radius 1 is 1.31 bits per heavy atom. The third-order valence-corrected chi connectivity index (χ3v) is 5.07. The van der Waals surface area contributed by atoms with Crippen LogP contribution in [0.3, 0.4) is 0 Å². The maximum Gasteiger partial charge on any atom is 0.263 e. The van der Waals surface area contributed by atoms with Gasteiger partial charge in [-0.15, -0.1) is 0 Å². The van der Waals surface area contributed by atoms with Gasteiger partial charge in [0.15, 0.2) is 6.10 Å². The Labute approximate surface area is 179 Å². The number of hydrogen-bond donors (Lipinski definition) is 0. The Bertz CT molecular complexity index is 851. The maximum absolute atomic E-state index is 13.1. The lowest BCUT2D eigenvalue weighted by molar-refractivity contribution is -0.148. The van der Waals surface area contributed by atoms with Crippen LogP contribution >= 0.6 is 23.2 Å². The number of carbonyl (C=O) groups is 1.